The van der Waals surface area contributed by atoms with Gasteiger partial charge in [-0.05, 0) is 26.0 Å². The molecule has 0 radical (unpaired) electrons. The number of nitrogens with zero attached hydrogens (tertiary/aromatic N) is 1. The third-order valence-electron chi connectivity index (χ3n) is 2.95. The SMILES string of the molecule is CCOC(=O)/C=C/C(=O)O[C@@H](C)c1nc2ccccc2c(=O)[nH]1. The van der Waals surface area contributed by atoms with Crippen LogP contribution in [-0.2, 0) is 19.1 Å². The second-order valence-electron chi connectivity index (χ2n) is 4.63. The van der Waals surface area contributed by atoms with Crippen LogP contribution in [0.15, 0.2) is 41.2 Å². The van der Waals surface area contributed by atoms with Crippen LogP contribution in [0.5, 0.6) is 0 Å². The normalized spacial score (nSPS) is 12.3. The number of rotatable bonds is 5. The van der Waals surface area contributed by atoms with E-state index in [2.05, 4.69) is 14.7 Å². The Morgan fingerprint density at radius 2 is 1.96 bits per heavy atom. The quantitative estimate of drug-likeness (QED) is 0.665. The maximum atomic E-state index is 12.0. The van der Waals surface area contributed by atoms with Crippen LogP contribution in [0.1, 0.15) is 25.8 Å². The molecule has 0 saturated heterocycles. The Bertz CT molecular complexity index is 809. The van der Waals surface area contributed by atoms with Crippen molar-refractivity contribution in [1.82, 2.24) is 9.97 Å². The van der Waals surface area contributed by atoms with E-state index in [0.29, 0.717) is 10.9 Å². The van der Waals surface area contributed by atoms with E-state index in [1.807, 2.05) is 0 Å². The molecule has 0 saturated carbocycles. The molecule has 1 aromatic heterocycles. The Morgan fingerprint density at radius 1 is 1.26 bits per heavy atom. The van der Waals surface area contributed by atoms with Crippen LogP contribution in [0.3, 0.4) is 0 Å². The second kappa shape index (κ2) is 7.35. The van der Waals surface area contributed by atoms with Crippen LogP contribution < -0.4 is 5.56 Å². The zero-order valence-electron chi connectivity index (χ0n) is 12.7. The van der Waals surface area contributed by atoms with E-state index in [0.717, 1.165) is 12.2 Å². The molecule has 7 heteroatoms. The number of ether oxygens (including phenoxy) is 2. The predicted octanol–water partition coefficient (Wildman–Crippen LogP) is 1.65. The number of H-pyrrole nitrogens is 1. The summed E-state index contributed by atoms with van der Waals surface area (Å²) < 4.78 is 9.76. The second-order valence-corrected chi connectivity index (χ2v) is 4.63. The van der Waals surface area contributed by atoms with Gasteiger partial charge in [0.2, 0.25) is 0 Å². The van der Waals surface area contributed by atoms with E-state index in [9.17, 15) is 14.4 Å². The van der Waals surface area contributed by atoms with Gasteiger partial charge in [-0.15, -0.1) is 0 Å². The lowest BCUT2D eigenvalue weighted by Crippen LogP contribution is -2.16. The van der Waals surface area contributed by atoms with Crippen LogP contribution in [0, 0.1) is 0 Å². The number of hydrogen-bond acceptors (Lipinski definition) is 6. The van der Waals surface area contributed by atoms with Crippen molar-refractivity contribution in [3.05, 3.63) is 52.6 Å². The molecule has 1 aromatic carbocycles. The van der Waals surface area contributed by atoms with Gasteiger partial charge in [-0.1, -0.05) is 12.1 Å². The number of fused-ring (bicyclic) bond motifs is 1. The molecule has 1 heterocycles. The summed E-state index contributed by atoms with van der Waals surface area (Å²) >= 11 is 0. The smallest absolute Gasteiger partial charge is 0.331 e. The molecule has 0 unspecified atom stereocenters. The van der Waals surface area contributed by atoms with Gasteiger partial charge < -0.3 is 14.5 Å². The largest absolute Gasteiger partial charge is 0.463 e. The molecule has 7 nitrogen and oxygen atoms in total. The summed E-state index contributed by atoms with van der Waals surface area (Å²) in [6, 6.07) is 6.85. The summed E-state index contributed by atoms with van der Waals surface area (Å²) in [4.78, 5) is 41.6. The van der Waals surface area contributed by atoms with Crippen LogP contribution in [0.4, 0.5) is 0 Å². The van der Waals surface area contributed by atoms with Crippen molar-refractivity contribution in [2.75, 3.05) is 6.61 Å². The first-order chi connectivity index (χ1) is 11.0. The molecule has 0 spiro atoms. The number of carbonyl (C=O) groups is 2. The molecule has 120 valence electrons. The fourth-order valence-electron chi connectivity index (χ4n) is 1.89. The molecular formula is C16H16N2O5. The summed E-state index contributed by atoms with van der Waals surface area (Å²) in [5, 5.41) is 0.456. The highest BCUT2D eigenvalue weighted by Crippen LogP contribution is 2.14. The molecule has 0 fully saturated rings. The van der Waals surface area contributed by atoms with Crippen molar-refractivity contribution in [2.24, 2.45) is 0 Å². The minimum atomic E-state index is -0.772. The molecule has 1 N–H and O–H groups in total. The van der Waals surface area contributed by atoms with Crippen molar-refractivity contribution in [2.45, 2.75) is 20.0 Å². The minimum absolute atomic E-state index is 0.219. The van der Waals surface area contributed by atoms with Gasteiger partial charge in [-0.2, -0.15) is 0 Å². The third kappa shape index (κ3) is 4.26. The molecule has 0 aliphatic rings. The first-order valence-corrected chi connectivity index (χ1v) is 7.05. The first-order valence-electron chi connectivity index (χ1n) is 7.05. The van der Waals surface area contributed by atoms with Crippen molar-refractivity contribution in [1.29, 1.82) is 0 Å². The molecular weight excluding hydrogens is 300 g/mol. The van der Waals surface area contributed by atoms with Crippen LogP contribution in [0.2, 0.25) is 0 Å². The molecule has 2 rings (SSSR count). The molecule has 0 bridgehead atoms. The van der Waals surface area contributed by atoms with Crippen molar-refractivity contribution in [3.63, 3.8) is 0 Å². The summed E-state index contributed by atoms with van der Waals surface area (Å²) in [7, 11) is 0. The molecule has 0 aliphatic heterocycles. The van der Waals surface area contributed by atoms with Gasteiger partial charge in [0.1, 0.15) is 0 Å². The van der Waals surface area contributed by atoms with Crippen LogP contribution >= 0.6 is 0 Å². The number of para-hydroxylation sites is 1. The van der Waals surface area contributed by atoms with Crippen LogP contribution in [0.25, 0.3) is 10.9 Å². The summed E-state index contributed by atoms with van der Waals surface area (Å²) in [5.74, 6) is -1.14. The number of aromatic amines is 1. The van der Waals surface area contributed by atoms with E-state index in [-0.39, 0.29) is 18.0 Å². The fourth-order valence-corrected chi connectivity index (χ4v) is 1.89. The maximum absolute atomic E-state index is 12.0. The van der Waals surface area contributed by atoms with E-state index in [1.165, 1.54) is 0 Å². The standard InChI is InChI=1S/C16H16N2O5/c1-3-22-13(19)8-9-14(20)23-10(2)15-17-12-7-5-4-6-11(12)16(21)18-15/h4-10H,3H2,1-2H3,(H,17,18,21)/b9-8+/t10-/m0/s1. The highest BCUT2D eigenvalue weighted by Gasteiger charge is 2.14. The predicted molar refractivity (Wildman–Crippen MR) is 82.6 cm³/mol. The van der Waals surface area contributed by atoms with Gasteiger partial charge in [0.05, 0.1) is 17.5 Å². The molecule has 2 aromatic rings. The Morgan fingerprint density at radius 3 is 2.70 bits per heavy atom. The monoisotopic (exact) mass is 316 g/mol. The Labute approximate surface area is 131 Å². The maximum Gasteiger partial charge on any atom is 0.331 e. The zero-order chi connectivity index (χ0) is 16.8. The lowest BCUT2D eigenvalue weighted by Gasteiger charge is -2.11. The van der Waals surface area contributed by atoms with Gasteiger partial charge in [0.25, 0.3) is 5.56 Å². The van der Waals surface area contributed by atoms with Gasteiger partial charge in [0.15, 0.2) is 11.9 Å². The highest BCUT2D eigenvalue weighted by atomic mass is 16.5. The molecule has 1 atom stereocenters. The Kier molecular flexibility index (Phi) is 5.24. The van der Waals surface area contributed by atoms with Gasteiger partial charge in [-0.25, -0.2) is 14.6 Å². The fraction of sp³-hybridized carbons (Fsp3) is 0.250. The first kappa shape index (κ1) is 16.4. The Balaban J connectivity index is 2.12. The number of nitrogens with one attached hydrogen (secondary N) is 1. The number of benzene rings is 1. The third-order valence-corrected chi connectivity index (χ3v) is 2.95. The minimum Gasteiger partial charge on any atom is -0.463 e. The average molecular weight is 316 g/mol. The van der Waals surface area contributed by atoms with Gasteiger partial charge in [0, 0.05) is 12.2 Å². The average Bonchev–Trinajstić information content (AvgIpc) is 2.53. The van der Waals surface area contributed by atoms with E-state index in [1.54, 1.807) is 38.1 Å². The van der Waals surface area contributed by atoms with E-state index in [4.69, 9.17) is 4.74 Å². The summed E-state index contributed by atoms with van der Waals surface area (Å²) in [6.07, 6.45) is 1.18. The molecule has 23 heavy (non-hydrogen) atoms. The van der Waals surface area contributed by atoms with Gasteiger partial charge >= 0.3 is 11.9 Å². The highest BCUT2D eigenvalue weighted by molar-refractivity contribution is 5.91. The number of hydrogen-bond donors (Lipinski definition) is 1. The lowest BCUT2D eigenvalue weighted by atomic mass is 10.2. The van der Waals surface area contributed by atoms with Crippen molar-refractivity contribution in [3.8, 4) is 0 Å². The van der Waals surface area contributed by atoms with E-state index < -0.39 is 18.0 Å². The van der Waals surface area contributed by atoms with Crippen LogP contribution in [-0.4, -0.2) is 28.5 Å². The topological polar surface area (TPSA) is 98.3 Å². The summed E-state index contributed by atoms with van der Waals surface area (Å²) in [5.41, 5.74) is 0.201. The Hall–Kier alpha value is -2.96. The summed E-state index contributed by atoms with van der Waals surface area (Å²) in [6.45, 7) is 3.45. The number of esters is 2. The lowest BCUT2D eigenvalue weighted by molar-refractivity contribution is -0.144. The zero-order valence-corrected chi connectivity index (χ0v) is 12.7. The van der Waals surface area contributed by atoms with Gasteiger partial charge in [-0.3, -0.25) is 4.79 Å². The van der Waals surface area contributed by atoms with Crippen molar-refractivity contribution < 1.29 is 19.1 Å². The van der Waals surface area contributed by atoms with E-state index >= 15 is 0 Å². The molecule has 0 amide bonds. The number of carbonyl (C=O) groups excluding carboxylic acids is 2. The molecule has 0 aliphatic carbocycles. The van der Waals surface area contributed by atoms with Crippen molar-refractivity contribution >= 4 is 22.8 Å². The number of aromatic nitrogens is 2.